The lowest BCUT2D eigenvalue weighted by atomic mass is 10.1. The van der Waals surface area contributed by atoms with E-state index >= 15 is 0 Å². The van der Waals surface area contributed by atoms with Crippen LogP contribution in [0.3, 0.4) is 0 Å². The fourth-order valence-electron chi connectivity index (χ4n) is 3.07. The summed E-state index contributed by atoms with van der Waals surface area (Å²) in [6.45, 7) is 3.09. The minimum atomic E-state index is -1.93. The van der Waals surface area contributed by atoms with Crippen LogP contribution in [0.15, 0.2) is 60.7 Å². The second kappa shape index (κ2) is 10.0. The number of pyridine rings is 1. The molecule has 3 aromatic rings. The van der Waals surface area contributed by atoms with Gasteiger partial charge in [-0.15, -0.1) is 0 Å². The van der Waals surface area contributed by atoms with Crippen LogP contribution < -0.4 is 19.0 Å². The number of nitrogens with zero attached hydrogens (tertiary/aromatic N) is 2. The van der Waals surface area contributed by atoms with E-state index in [9.17, 15) is 0 Å². The van der Waals surface area contributed by atoms with E-state index in [0.717, 1.165) is 28.2 Å². The van der Waals surface area contributed by atoms with E-state index in [4.69, 9.17) is 24.2 Å². The molecule has 7 nitrogen and oxygen atoms in total. The Morgan fingerprint density at radius 3 is 1.77 bits per heavy atom. The highest BCUT2D eigenvalue weighted by Crippen LogP contribution is 2.24. The lowest BCUT2D eigenvalue weighted by Gasteiger charge is -2.25. The number of ether oxygens (including phenoxy) is 2. The van der Waals surface area contributed by atoms with Crippen molar-refractivity contribution in [1.82, 2.24) is 4.98 Å². The van der Waals surface area contributed by atoms with Crippen LogP contribution in [0.5, 0.6) is 17.4 Å². The second-order valence-corrected chi connectivity index (χ2v) is 6.84. The van der Waals surface area contributed by atoms with Crippen molar-refractivity contribution >= 4 is 13.1 Å². The first-order chi connectivity index (χ1) is 14.5. The third kappa shape index (κ3) is 5.89. The van der Waals surface area contributed by atoms with Gasteiger partial charge in [0.25, 0.3) is 0 Å². The maximum Gasteiger partial charge on any atom is 0.708 e. The lowest BCUT2D eigenvalue weighted by molar-refractivity contribution is 0.283. The number of benzene rings is 2. The molecule has 0 fully saturated rings. The number of rotatable bonds is 9. The van der Waals surface area contributed by atoms with Gasteiger partial charge in [0.1, 0.15) is 17.3 Å². The fourth-order valence-corrected chi connectivity index (χ4v) is 3.07. The van der Waals surface area contributed by atoms with E-state index in [1.807, 2.05) is 61.5 Å². The van der Waals surface area contributed by atoms with Crippen molar-refractivity contribution in [3.05, 3.63) is 77.4 Å². The Morgan fingerprint density at radius 2 is 1.33 bits per heavy atom. The largest absolute Gasteiger partial charge is 0.708 e. The molecule has 0 unspecified atom stereocenters. The molecule has 0 bridgehead atoms. The van der Waals surface area contributed by atoms with Gasteiger partial charge in [-0.1, -0.05) is 24.3 Å². The molecular formula is C22H25BN2O5. The van der Waals surface area contributed by atoms with Gasteiger partial charge in [-0.3, -0.25) is 0 Å². The molecule has 8 heteroatoms. The van der Waals surface area contributed by atoms with Crippen molar-refractivity contribution in [3.63, 3.8) is 0 Å². The van der Waals surface area contributed by atoms with E-state index in [2.05, 4.69) is 9.88 Å². The number of aryl methyl sites for hydroxylation is 1. The van der Waals surface area contributed by atoms with Crippen molar-refractivity contribution in [2.75, 3.05) is 19.1 Å². The van der Waals surface area contributed by atoms with Gasteiger partial charge in [-0.2, -0.15) is 4.98 Å². The van der Waals surface area contributed by atoms with E-state index in [1.54, 1.807) is 20.3 Å². The number of aromatic nitrogens is 1. The number of methoxy groups -OCH3 is 2. The fraction of sp³-hybridized carbons (Fsp3) is 0.227. The van der Waals surface area contributed by atoms with Crippen LogP contribution in [0.25, 0.3) is 0 Å². The summed E-state index contributed by atoms with van der Waals surface area (Å²) in [5.74, 6) is 2.40. The number of anilines is 1. The Morgan fingerprint density at radius 1 is 0.833 bits per heavy atom. The summed E-state index contributed by atoms with van der Waals surface area (Å²) in [5, 5.41) is 18.3. The summed E-state index contributed by atoms with van der Waals surface area (Å²) in [6, 6.07) is 19.3. The SMILES string of the molecule is COc1ccc(CN(Cc2ccc(OC)cc2)c2cc(C)cc(OB(O)O)n2)cc1. The molecule has 3 rings (SSSR count). The molecule has 0 spiro atoms. The molecule has 0 aliphatic heterocycles. The minimum absolute atomic E-state index is 0.148. The molecular weight excluding hydrogens is 383 g/mol. The summed E-state index contributed by atoms with van der Waals surface area (Å²) in [6.07, 6.45) is 0. The van der Waals surface area contributed by atoms with Gasteiger partial charge in [0.05, 0.1) is 14.2 Å². The highest BCUT2D eigenvalue weighted by atomic mass is 16.6. The topological polar surface area (TPSA) is 84.3 Å². The predicted octanol–water partition coefficient (Wildman–Crippen LogP) is 2.96. The molecule has 156 valence electrons. The van der Waals surface area contributed by atoms with Gasteiger partial charge in [-0.05, 0) is 53.9 Å². The zero-order valence-corrected chi connectivity index (χ0v) is 17.3. The molecule has 1 heterocycles. The molecule has 0 amide bonds. The number of hydrogen-bond donors (Lipinski definition) is 2. The Kier molecular flexibility index (Phi) is 7.16. The third-order valence-electron chi connectivity index (χ3n) is 4.55. The summed E-state index contributed by atoms with van der Waals surface area (Å²) < 4.78 is 15.5. The Hall–Kier alpha value is -3.23. The molecule has 0 atom stereocenters. The van der Waals surface area contributed by atoms with Crippen LogP contribution in [0, 0.1) is 6.92 Å². The highest BCUT2D eigenvalue weighted by molar-refractivity contribution is 6.33. The first kappa shape index (κ1) is 21.5. The van der Waals surface area contributed by atoms with Gasteiger partial charge < -0.3 is 29.1 Å². The molecule has 1 aromatic heterocycles. The monoisotopic (exact) mass is 408 g/mol. The van der Waals surface area contributed by atoms with Crippen LogP contribution in [0.2, 0.25) is 0 Å². The molecule has 30 heavy (non-hydrogen) atoms. The summed E-state index contributed by atoms with van der Waals surface area (Å²) in [7, 11) is 1.35. The van der Waals surface area contributed by atoms with E-state index < -0.39 is 7.32 Å². The van der Waals surface area contributed by atoms with Crippen LogP contribution in [0.4, 0.5) is 5.82 Å². The van der Waals surface area contributed by atoms with Gasteiger partial charge in [0.2, 0.25) is 5.88 Å². The van der Waals surface area contributed by atoms with E-state index in [1.165, 1.54) is 0 Å². The summed E-state index contributed by atoms with van der Waals surface area (Å²) in [4.78, 5) is 6.56. The Balaban J connectivity index is 1.91. The molecule has 0 aliphatic rings. The Labute approximate surface area is 176 Å². The maximum atomic E-state index is 9.15. The van der Waals surface area contributed by atoms with Gasteiger partial charge >= 0.3 is 7.32 Å². The smallest absolute Gasteiger partial charge is 0.498 e. The van der Waals surface area contributed by atoms with E-state index in [0.29, 0.717) is 18.9 Å². The zero-order valence-electron chi connectivity index (χ0n) is 17.3. The molecule has 2 N–H and O–H groups in total. The second-order valence-electron chi connectivity index (χ2n) is 6.84. The quantitative estimate of drug-likeness (QED) is 0.527. The van der Waals surface area contributed by atoms with Crippen molar-refractivity contribution < 1.29 is 24.2 Å². The first-order valence-electron chi connectivity index (χ1n) is 9.49. The molecule has 0 saturated carbocycles. The predicted molar refractivity (Wildman–Crippen MR) is 116 cm³/mol. The van der Waals surface area contributed by atoms with Crippen molar-refractivity contribution in [1.29, 1.82) is 0 Å². The summed E-state index contributed by atoms with van der Waals surface area (Å²) >= 11 is 0. The molecule has 0 radical (unpaired) electrons. The molecule has 2 aromatic carbocycles. The van der Waals surface area contributed by atoms with Crippen LogP contribution in [0.1, 0.15) is 16.7 Å². The lowest BCUT2D eigenvalue weighted by Crippen LogP contribution is -2.25. The molecule has 0 aliphatic carbocycles. The van der Waals surface area contributed by atoms with Crippen LogP contribution in [-0.2, 0) is 13.1 Å². The average molecular weight is 408 g/mol. The van der Waals surface area contributed by atoms with Crippen molar-refractivity contribution in [3.8, 4) is 17.4 Å². The average Bonchev–Trinajstić information content (AvgIpc) is 2.73. The van der Waals surface area contributed by atoms with Gasteiger partial charge in [0.15, 0.2) is 0 Å². The van der Waals surface area contributed by atoms with E-state index in [-0.39, 0.29) is 5.88 Å². The zero-order chi connectivity index (χ0) is 21.5. The van der Waals surface area contributed by atoms with Gasteiger partial charge in [0, 0.05) is 19.2 Å². The standard InChI is InChI=1S/C22H25BN2O5/c1-16-12-21(24-22(13-16)30-23(26)27)25(14-17-4-8-19(28-2)9-5-17)15-18-6-10-20(29-3)11-7-18/h4-13,26-27H,14-15H2,1-3H3. The van der Waals surface area contributed by atoms with Crippen molar-refractivity contribution in [2.24, 2.45) is 0 Å². The highest BCUT2D eigenvalue weighted by Gasteiger charge is 2.16. The van der Waals surface area contributed by atoms with Crippen molar-refractivity contribution in [2.45, 2.75) is 20.0 Å². The summed E-state index contributed by atoms with van der Waals surface area (Å²) in [5.41, 5.74) is 3.06. The van der Waals surface area contributed by atoms with Gasteiger partial charge in [-0.25, -0.2) is 0 Å². The van der Waals surface area contributed by atoms with Crippen LogP contribution in [-0.4, -0.2) is 36.6 Å². The third-order valence-corrected chi connectivity index (χ3v) is 4.55. The molecule has 0 saturated heterocycles. The normalized spacial score (nSPS) is 10.4. The number of hydrogen-bond acceptors (Lipinski definition) is 7. The minimum Gasteiger partial charge on any atom is -0.498 e. The maximum absolute atomic E-state index is 9.15. The Bertz CT molecular complexity index is 899. The first-order valence-corrected chi connectivity index (χ1v) is 9.49. The van der Waals surface area contributed by atoms with Crippen LogP contribution >= 0.6 is 0 Å².